The van der Waals surface area contributed by atoms with Crippen molar-refractivity contribution in [3.8, 4) is 23.1 Å². The van der Waals surface area contributed by atoms with Crippen LogP contribution in [0.2, 0.25) is 0 Å². The molecule has 0 aliphatic carbocycles. The zero-order valence-electron chi connectivity index (χ0n) is 31.7. The summed E-state index contributed by atoms with van der Waals surface area (Å²) < 4.78 is 11.6. The summed E-state index contributed by atoms with van der Waals surface area (Å²) in [5.74, 6) is 3.26. The molecule has 7 aromatic carbocycles. The lowest BCUT2D eigenvalue weighted by Gasteiger charge is -2.36. The van der Waals surface area contributed by atoms with Crippen molar-refractivity contribution in [1.29, 1.82) is 0 Å². The molecule has 0 fully saturated rings. The number of fused-ring (bicyclic) bond motifs is 8. The number of hydrogen-bond donors (Lipinski definition) is 0. The fourth-order valence-electron chi connectivity index (χ4n) is 8.88. The average molecular weight is 759 g/mol. The van der Waals surface area contributed by atoms with Crippen LogP contribution in [-0.2, 0) is 0 Å². The summed E-state index contributed by atoms with van der Waals surface area (Å²) in [6.45, 7) is 0. The largest absolute Gasteiger partial charge is 0.451 e. The molecule has 59 heavy (non-hydrogen) atoms. The van der Waals surface area contributed by atoms with Gasteiger partial charge in [0.05, 0.1) is 39.1 Å². The number of anilines is 6. The molecule has 11 aromatic rings. The van der Waals surface area contributed by atoms with Gasteiger partial charge in [0.15, 0.2) is 11.5 Å². The van der Waals surface area contributed by atoms with Crippen LogP contribution in [0.25, 0.3) is 55.2 Å². The van der Waals surface area contributed by atoms with E-state index in [1.165, 1.54) is 10.8 Å². The molecule has 7 heteroatoms. The number of benzene rings is 7. The van der Waals surface area contributed by atoms with Crippen molar-refractivity contribution < 1.29 is 4.74 Å². The topological polar surface area (TPSA) is 51.4 Å². The summed E-state index contributed by atoms with van der Waals surface area (Å²) in [6.07, 6.45) is 3.71. The lowest BCUT2D eigenvalue weighted by Crippen LogP contribution is -2.18. The Balaban J connectivity index is 1.15. The third kappa shape index (κ3) is 5.15. The first-order chi connectivity index (χ1) is 29.3. The minimum atomic E-state index is 0.755. The summed E-state index contributed by atoms with van der Waals surface area (Å²) in [7, 11) is 0. The molecule has 0 spiro atoms. The molecule has 1 aliphatic heterocycles. The molecule has 0 N–H and O–H groups in total. The van der Waals surface area contributed by atoms with Gasteiger partial charge >= 0.3 is 0 Å². The predicted octanol–water partition coefficient (Wildman–Crippen LogP) is 13.7. The van der Waals surface area contributed by atoms with Crippen LogP contribution in [-0.4, -0.2) is 19.1 Å². The second-order valence-electron chi connectivity index (χ2n) is 14.7. The number of aromatic nitrogens is 4. The summed E-state index contributed by atoms with van der Waals surface area (Å²) in [5.41, 5.74) is 10.1. The highest BCUT2D eigenvalue weighted by Crippen LogP contribution is 2.56. The highest BCUT2D eigenvalue weighted by molar-refractivity contribution is 6.12. The first kappa shape index (κ1) is 33.0. The van der Waals surface area contributed by atoms with Crippen LogP contribution in [0.1, 0.15) is 0 Å². The molecule has 0 saturated carbocycles. The lowest BCUT2D eigenvalue weighted by molar-refractivity contribution is 0.478. The van der Waals surface area contributed by atoms with Gasteiger partial charge in [-0.3, -0.25) is 9.13 Å². The Bertz CT molecular complexity index is 3220. The second kappa shape index (κ2) is 13.2. The summed E-state index contributed by atoms with van der Waals surface area (Å²) in [6, 6.07) is 67.9. The standard InChI is InChI=1S/C52H34N6O/c1-2-15-35(16-3-1)56-44-21-8-9-24-49(44)59-52-45(22-14-23-46(52)56)55(36-27-29-40-38-17-4-6-19-42(38)57(47(40)33-36)50-25-10-12-31-53-50)37-28-30-41-39-18-5-7-20-43(39)58(48(41)34-37)51-26-11-13-32-54-51/h1-34H. The Morgan fingerprint density at radius 1 is 0.407 bits per heavy atom. The van der Waals surface area contributed by atoms with E-state index in [-0.39, 0.29) is 0 Å². The maximum Gasteiger partial charge on any atom is 0.175 e. The Morgan fingerprint density at radius 3 is 1.54 bits per heavy atom. The van der Waals surface area contributed by atoms with Crippen LogP contribution >= 0.6 is 0 Å². The highest BCUT2D eigenvalue weighted by atomic mass is 16.5. The predicted molar refractivity (Wildman–Crippen MR) is 240 cm³/mol. The molecule has 5 heterocycles. The van der Waals surface area contributed by atoms with Gasteiger partial charge in [-0.2, -0.15) is 0 Å². The fraction of sp³-hybridized carbons (Fsp3) is 0. The fourth-order valence-corrected chi connectivity index (χ4v) is 8.88. The van der Waals surface area contributed by atoms with Gasteiger partial charge in [-0.25, -0.2) is 9.97 Å². The summed E-state index contributed by atoms with van der Waals surface area (Å²) in [5, 5.41) is 4.64. The van der Waals surface area contributed by atoms with Crippen LogP contribution in [0.5, 0.6) is 11.5 Å². The van der Waals surface area contributed by atoms with Gasteiger partial charge in [0.25, 0.3) is 0 Å². The quantitative estimate of drug-likeness (QED) is 0.169. The van der Waals surface area contributed by atoms with E-state index in [0.29, 0.717) is 0 Å². The van der Waals surface area contributed by atoms with E-state index in [1.807, 2.05) is 48.8 Å². The molecule has 12 rings (SSSR count). The second-order valence-corrected chi connectivity index (χ2v) is 14.7. The van der Waals surface area contributed by atoms with E-state index in [0.717, 1.165) is 90.1 Å². The van der Waals surface area contributed by atoms with Gasteiger partial charge < -0.3 is 14.5 Å². The van der Waals surface area contributed by atoms with E-state index < -0.39 is 0 Å². The minimum Gasteiger partial charge on any atom is -0.451 e. The van der Waals surface area contributed by atoms with Crippen LogP contribution in [0.4, 0.5) is 34.1 Å². The molecule has 0 radical (unpaired) electrons. The van der Waals surface area contributed by atoms with Crippen molar-refractivity contribution >= 4 is 77.7 Å². The monoisotopic (exact) mass is 758 g/mol. The molecular weight excluding hydrogens is 725 g/mol. The van der Waals surface area contributed by atoms with Crippen LogP contribution in [0, 0.1) is 0 Å². The number of pyridine rings is 2. The van der Waals surface area contributed by atoms with Crippen molar-refractivity contribution in [3.05, 3.63) is 207 Å². The third-order valence-corrected chi connectivity index (χ3v) is 11.4. The van der Waals surface area contributed by atoms with E-state index in [9.17, 15) is 0 Å². The number of nitrogens with zero attached hydrogens (tertiary/aromatic N) is 6. The molecule has 0 bridgehead atoms. The Morgan fingerprint density at radius 2 is 0.932 bits per heavy atom. The smallest absolute Gasteiger partial charge is 0.175 e. The minimum absolute atomic E-state index is 0.755. The summed E-state index contributed by atoms with van der Waals surface area (Å²) >= 11 is 0. The molecule has 0 amide bonds. The lowest BCUT2D eigenvalue weighted by atomic mass is 10.1. The van der Waals surface area contributed by atoms with Crippen molar-refractivity contribution in [1.82, 2.24) is 19.1 Å². The van der Waals surface area contributed by atoms with Crippen molar-refractivity contribution in [2.45, 2.75) is 0 Å². The van der Waals surface area contributed by atoms with Crippen LogP contribution < -0.4 is 14.5 Å². The van der Waals surface area contributed by atoms with Crippen molar-refractivity contribution in [2.75, 3.05) is 9.80 Å². The summed E-state index contributed by atoms with van der Waals surface area (Å²) in [4.78, 5) is 14.3. The van der Waals surface area contributed by atoms with Gasteiger partial charge in [0.2, 0.25) is 0 Å². The van der Waals surface area contributed by atoms with Gasteiger partial charge in [-0.1, -0.05) is 97.1 Å². The van der Waals surface area contributed by atoms with E-state index in [4.69, 9.17) is 14.7 Å². The first-order valence-corrected chi connectivity index (χ1v) is 19.7. The van der Waals surface area contributed by atoms with Crippen molar-refractivity contribution in [2.24, 2.45) is 0 Å². The normalized spacial score (nSPS) is 12.2. The van der Waals surface area contributed by atoms with Crippen molar-refractivity contribution in [3.63, 3.8) is 0 Å². The van der Waals surface area contributed by atoms with E-state index in [2.05, 4.69) is 177 Å². The molecule has 7 nitrogen and oxygen atoms in total. The maximum absolute atomic E-state index is 7.03. The molecule has 0 unspecified atom stereocenters. The molecular formula is C52H34N6O. The van der Waals surface area contributed by atoms with Gasteiger partial charge in [0, 0.05) is 51.0 Å². The molecule has 1 aliphatic rings. The molecule has 0 atom stereocenters. The Labute approximate surface area is 339 Å². The number of para-hydroxylation sites is 6. The van der Waals surface area contributed by atoms with Gasteiger partial charge in [0.1, 0.15) is 11.6 Å². The zero-order chi connectivity index (χ0) is 38.9. The molecule has 278 valence electrons. The van der Waals surface area contributed by atoms with Crippen LogP contribution in [0.3, 0.4) is 0 Å². The van der Waals surface area contributed by atoms with E-state index in [1.54, 1.807) is 0 Å². The number of rotatable bonds is 6. The first-order valence-electron chi connectivity index (χ1n) is 19.7. The average Bonchev–Trinajstić information content (AvgIpc) is 3.81. The van der Waals surface area contributed by atoms with Gasteiger partial charge in [-0.15, -0.1) is 0 Å². The van der Waals surface area contributed by atoms with Gasteiger partial charge in [-0.05, 0) is 97.1 Å². The third-order valence-electron chi connectivity index (χ3n) is 11.4. The van der Waals surface area contributed by atoms with E-state index >= 15 is 0 Å². The molecule has 0 saturated heterocycles. The molecule has 4 aromatic heterocycles. The number of ether oxygens (including phenoxy) is 1. The number of hydrogen-bond acceptors (Lipinski definition) is 5. The Hall–Kier alpha value is -8.16. The highest BCUT2D eigenvalue weighted by Gasteiger charge is 2.31. The maximum atomic E-state index is 7.03. The Kier molecular flexibility index (Phi) is 7.40. The van der Waals surface area contributed by atoms with Crippen LogP contribution in [0.15, 0.2) is 207 Å². The SMILES string of the molecule is c1ccc(N2c3ccccc3Oc3c(N(c4ccc5c6ccccc6n(-c6ccccn6)c5c4)c4ccc5c6ccccc6n(-c6ccccn6)c5c4)cccc32)cc1. The zero-order valence-corrected chi connectivity index (χ0v) is 31.7.